The number of rotatable bonds is 0. The van der Waals surface area contributed by atoms with E-state index in [4.69, 9.17) is 0 Å². The summed E-state index contributed by atoms with van der Waals surface area (Å²) in [5, 5.41) is 9.91. The average Bonchev–Trinajstić information content (AvgIpc) is 2.12. The van der Waals surface area contributed by atoms with Gasteiger partial charge in [0.2, 0.25) is 0 Å². The van der Waals surface area contributed by atoms with Crippen molar-refractivity contribution in [1.29, 1.82) is 0 Å². The van der Waals surface area contributed by atoms with Gasteiger partial charge in [0, 0.05) is 0 Å². The van der Waals surface area contributed by atoms with E-state index in [1.807, 2.05) is 0 Å². The highest BCUT2D eigenvalue weighted by molar-refractivity contribution is 5.24. The van der Waals surface area contributed by atoms with Crippen molar-refractivity contribution in [2.75, 3.05) is 0 Å². The lowest BCUT2D eigenvalue weighted by Gasteiger charge is -2.33. The molecule has 2 aliphatic carbocycles. The van der Waals surface area contributed by atoms with Gasteiger partial charge in [0.1, 0.15) is 0 Å². The summed E-state index contributed by atoms with van der Waals surface area (Å²) in [4.78, 5) is 0. The quantitative estimate of drug-likeness (QED) is 0.548. The van der Waals surface area contributed by atoms with E-state index in [1.54, 1.807) is 5.57 Å². The van der Waals surface area contributed by atoms with Crippen LogP contribution in [0, 0.1) is 5.92 Å². The van der Waals surface area contributed by atoms with Crippen molar-refractivity contribution in [1.82, 2.24) is 0 Å². The van der Waals surface area contributed by atoms with Gasteiger partial charge in [-0.3, -0.25) is 0 Å². The van der Waals surface area contributed by atoms with Crippen molar-refractivity contribution in [2.24, 2.45) is 5.92 Å². The van der Waals surface area contributed by atoms with Crippen LogP contribution >= 0.6 is 0 Å². The minimum Gasteiger partial charge on any atom is -0.388 e. The molecule has 0 aromatic heterocycles. The van der Waals surface area contributed by atoms with Gasteiger partial charge in [0.15, 0.2) is 0 Å². The van der Waals surface area contributed by atoms with E-state index in [-0.39, 0.29) is 6.10 Å². The maximum atomic E-state index is 9.91. The third-order valence-corrected chi connectivity index (χ3v) is 3.43. The Hall–Kier alpha value is -0.300. The molecule has 68 valence electrons. The number of hydrogen-bond donors (Lipinski definition) is 1. The molecule has 0 aliphatic heterocycles. The van der Waals surface area contributed by atoms with E-state index < -0.39 is 0 Å². The summed E-state index contributed by atoms with van der Waals surface area (Å²) in [6.07, 6.45) is 7.42. The summed E-state index contributed by atoms with van der Waals surface area (Å²) < 4.78 is 0. The zero-order valence-corrected chi connectivity index (χ0v) is 7.84. The molecule has 1 nitrogen and oxygen atoms in total. The zero-order valence-electron chi connectivity index (χ0n) is 7.84. The fraction of sp³-hybridized carbons (Fsp3) is 0.818. The maximum Gasteiger partial charge on any atom is 0.0778 e. The lowest BCUT2D eigenvalue weighted by Crippen LogP contribution is -2.27. The molecule has 1 heteroatoms. The van der Waals surface area contributed by atoms with E-state index in [2.05, 4.69) is 6.92 Å². The van der Waals surface area contributed by atoms with E-state index in [0.29, 0.717) is 5.92 Å². The highest BCUT2D eigenvalue weighted by Crippen LogP contribution is 2.37. The second kappa shape index (κ2) is 3.21. The lowest BCUT2D eigenvalue weighted by atomic mass is 9.76. The third-order valence-electron chi connectivity index (χ3n) is 3.43. The molecule has 0 fully saturated rings. The van der Waals surface area contributed by atoms with Crippen LogP contribution in [0.3, 0.4) is 0 Å². The molecule has 0 saturated heterocycles. The molecule has 12 heavy (non-hydrogen) atoms. The highest BCUT2D eigenvalue weighted by Gasteiger charge is 2.27. The molecule has 2 aliphatic rings. The van der Waals surface area contributed by atoms with Crippen molar-refractivity contribution >= 4 is 0 Å². The zero-order chi connectivity index (χ0) is 8.55. The van der Waals surface area contributed by atoms with Gasteiger partial charge in [0.05, 0.1) is 6.10 Å². The van der Waals surface area contributed by atoms with E-state index >= 15 is 0 Å². The second-order valence-corrected chi connectivity index (χ2v) is 4.30. The van der Waals surface area contributed by atoms with Crippen molar-refractivity contribution in [3.63, 3.8) is 0 Å². The molecule has 0 amide bonds. The molecule has 0 spiro atoms. The van der Waals surface area contributed by atoms with Crippen LogP contribution in [-0.4, -0.2) is 11.2 Å². The van der Waals surface area contributed by atoms with Gasteiger partial charge < -0.3 is 5.11 Å². The molecule has 1 N–H and O–H groups in total. The van der Waals surface area contributed by atoms with Crippen LogP contribution in [0.1, 0.15) is 45.4 Å². The van der Waals surface area contributed by atoms with Crippen LogP contribution in [0.25, 0.3) is 0 Å². The van der Waals surface area contributed by atoms with Crippen LogP contribution in [0.15, 0.2) is 11.1 Å². The first kappa shape index (κ1) is 8.31. The van der Waals surface area contributed by atoms with Crippen LogP contribution < -0.4 is 0 Å². The first-order valence-corrected chi connectivity index (χ1v) is 5.18. The summed E-state index contributed by atoms with van der Waals surface area (Å²) >= 11 is 0. The normalized spacial score (nSPS) is 36.5. The number of allylic oxidation sites excluding steroid dienone is 1. The van der Waals surface area contributed by atoms with Crippen LogP contribution in [0.2, 0.25) is 0 Å². The van der Waals surface area contributed by atoms with Crippen molar-refractivity contribution in [2.45, 2.75) is 51.6 Å². The van der Waals surface area contributed by atoms with Gasteiger partial charge in [0.25, 0.3) is 0 Å². The van der Waals surface area contributed by atoms with Crippen LogP contribution in [-0.2, 0) is 0 Å². The summed E-state index contributed by atoms with van der Waals surface area (Å²) in [7, 11) is 0. The monoisotopic (exact) mass is 166 g/mol. The predicted molar refractivity (Wildman–Crippen MR) is 49.9 cm³/mol. The van der Waals surface area contributed by atoms with E-state index in [9.17, 15) is 5.11 Å². The predicted octanol–water partition coefficient (Wildman–Crippen LogP) is 2.65. The topological polar surface area (TPSA) is 20.2 Å². The molecule has 2 rings (SSSR count). The Labute approximate surface area is 74.5 Å². The molecular weight excluding hydrogens is 148 g/mol. The smallest absolute Gasteiger partial charge is 0.0778 e. The van der Waals surface area contributed by atoms with Crippen molar-refractivity contribution < 1.29 is 5.11 Å². The highest BCUT2D eigenvalue weighted by atomic mass is 16.3. The molecule has 0 aromatic carbocycles. The first-order chi connectivity index (χ1) is 5.79. The molecule has 0 saturated carbocycles. The van der Waals surface area contributed by atoms with Crippen LogP contribution in [0.5, 0.6) is 0 Å². The van der Waals surface area contributed by atoms with Crippen molar-refractivity contribution in [3.05, 3.63) is 11.1 Å². The summed E-state index contributed by atoms with van der Waals surface area (Å²) in [6.45, 7) is 2.17. The van der Waals surface area contributed by atoms with Gasteiger partial charge in [-0.1, -0.05) is 12.5 Å². The Balaban J connectivity index is 2.22. The van der Waals surface area contributed by atoms with Gasteiger partial charge in [-0.05, 0) is 50.0 Å². The molecule has 0 heterocycles. The Bertz CT molecular complexity index is 205. The fourth-order valence-electron chi connectivity index (χ4n) is 2.54. The first-order valence-electron chi connectivity index (χ1n) is 5.18. The largest absolute Gasteiger partial charge is 0.388 e. The Morgan fingerprint density at radius 3 is 2.75 bits per heavy atom. The molecule has 0 aromatic rings. The van der Waals surface area contributed by atoms with Crippen LogP contribution in [0.4, 0.5) is 0 Å². The summed E-state index contributed by atoms with van der Waals surface area (Å²) in [5.41, 5.74) is 2.99. The minimum absolute atomic E-state index is 0.103. The van der Waals surface area contributed by atoms with E-state index in [0.717, 1.165) is 0 Å². The van der Waals surface area contributed by atoms with Crippen molar-refractivity contribution in [3.8, 4) is 0 Å². The Morgan fingerprint density at radius 1 is 1.17 bits per heavy atom. The van der Waals surface area contributed by atoms with Gasteiger partial charge in [-0.15, -0.1) is 0 Å². The summed E-state index contributed by atoms with van der Waals surface area (Å²) in [5.74, 6) is 0.502. The summed E-state index contributed by atoms with van der Waals surface area (Å²) in [6, 6.07) is 0. The second-order valence-electron chi connectivity index (χ2n) is 4.30. The van der Waals surface area contributed by atoms with E-state index in [1.165, 1.54) is 44.1 Å². The average molecular weight is 166 g/mol. The Morgan fingerprint density at radius 2 is 1.92 bits per heavy atom. The Kier molecular flexibility index (Phi) is 2.22. The lowest BCUT2D eigenvalue weighted by molar-refractivity contribution is 0.128. The number of aliphatic hydroxyl groups is 1. The molecule has 2 atom stereocenters. The number of aliphatic hydroxyl groups excluding tert-OH is 1. The van der Waals surface area contributed by atoms with Gasteiger partial charge in [-0.25, -0.2) is 0 Å². The molecule has 0 radical (unpaired) electrons. The van der Waals surface area contributed by atoms with Gasteiger partial charge >= 0.3 is 0 Å². The standard InChI is InChI=1S/C11H18O/c1-8-6-7-9-4-2-3-5-10(9)11(8)12/h8,11-12H,2-7H2,1H3. The van der Waals surface area contributed by atoms with Gasteiger partial charge in [-0.2, -0.15) is 0 Å². The maximum absolute atomic E-state index is 9.91. The SMILES string of the molecule is CC1CCC2=C(CCCC2)C1O. The third kappa shape index (κ3) is 1.31. The number of hydrogen-bond acceptors (Lipinski definition) is 1. The molecular formula is C11H18O. The minimum atomic E-state index is -0.103. The molecule has 0 bridgehead atoms. The molecule has 2 unspecified atom stereocenters. The fourth-order valence-corrected chi connectivity index (χ4v) is 2.54.